The number of nitrogens with one attached hydrogen (secondary N) is 2. The lowest BCUT2D eigenvalue weighted by molar-refractivity contribution is 0.0172. The van der Waals surface area contributed by atoms with Gasteiger partial charge in [-0.15, -0.1) is 0 Å². The SMILES string of the molecule is C=S(=O)(Nc1cc2c([nH]c3ccc(C)c(/C=C\C)c32)c2ccccc12)c1cccc(C(C)(F)F)c1. The normalized spacial score (nSPS) is 14.2. The Hall–Kier alpha value is -3.64. The fraction of sp³-hybridized carbons (Fsp3) is 0.138. The summed E-state index contributed by atoms with van der Waals surface area (Å²) in [6, 6.07) is 19.6. The minimum Gasteiger partial charge on any atom is -0.354 e. The van der Waals surface area contributed by atoms with E-state index in [1.807, 2.05) is 43.3 Å². The summed E-state index contributed by atoms with van der Waals surface area (Å²) in [7, 11) is -3.13. The molecule has 3 nitrogen and oxygen atoms in total. The van der Waals surface area contributed by atoms with E-state index < -0.39 is 15.6 Å². The predicted octanol–water partition coefficient (Wildman–Crippen LogP) is 8.03. The van der Waals surface area contributed by atoms with Crippen molar-refractivity contribution in [3.05, 3.63) is 89.5 Å². The molecule has 4 aromatic carbocycles. The van der Waals surface area contributed by atoms with Gasteiger partial charge in [0.1, 0.15) is 0 Å². The molecule has 5 rings (SSSR count). The van der Waals surface area contributed by atoms with Crippen LogP contribution in [0.3, 0.4) is 0 Å². The van der Waals surface area contributed by atoms with Crippen molar-refractivity contribution in [2.45, 2.75) is 31.6 Å². The molecule has 0 saturated carbocycles. The molecule has 0 saturated heterocycles. The topological polar surface area (TPSA) is 44.9 Å². The highest BCUT2D eigenvalue weighted by molar-refractivity contribution is 8.01. The van der Waals surface area contributed by atoms with Gasteiger partial charge in [0.25, 0.3) is 5.92 Å². The van der Waals surface area contributed by atoms with Crippen molar-refractivity contribution >= 4 is 59.9 Å². The standard InChI is InChI=1S/C29H26F2N2OS/c1-5-9-21-18(2)14-15-25-27(21)24-17-26(22-12-6-7-13-23(22)28(24)32-25)33-35(4,34)20-11-8-10-19(16-20)29(3,30)31/h5-17,32H,4H2,1-3H3,(H,33,34)/b9-5-. The second kappa shape index (κ2) is 8.24. The van der Waals surface area contributed by atoms with E-state index in [4.69, 9.17) is 0 Å². The number of fused-ring (bicyclic) bond motifs is 5. The number of hydrogen-bond donors (Lipinski definition) is 2. The summed E-state index contributed by atoms with van der Waals surface area (Å²) < 4.78 is 44.7. The van der Waals surface area contributed by atoms with Gasteiger partial charge in [0.05, 0.1) is 20.9 Å². The zero-order valence-corrected chi connectivity index (χ0v) is 20.6. The highest BCUT2D eigenvalue weighted by Crippen LogP contribution is 2.39. The highest BCUT2D eigenvalue weighted by Gasteiger charge is 2.25. The van der Waals surface area contributed by atoms with Gasteiger partial charge in [0, 0.05) is 44.4 Å². The third-order valence-electron chi connectivity index (χ3n) is 6.37. The van der Waals surface area contributed by atoms with Crippen molar-refractivity contribution in [1.82, 2.24) is 4.98 Å². The summed E-state index contributed by atoms with van der Waals surface area (Å²) in [5, 5.41) is 3.90. The summed E-state index contributed by atoms with van der Waals surface area (Å²) in [6.45, 7) is 4.89. The number of aromatic nitrogens is 1. The number of hydrogen-bond acceptors (Lipinski definition) is 1. The van der Waals surface area contributed by atoms with E-state index in [0.717, 1.165) is 50.6 Å². The molecule has 2 N–H and O–H groups in total. The van der Waals surface area contributed by atoms with Gasteiger partial charge < -0.3 is 9.71 Å². The molecule has 0 amide bonds. The van der Waals surface area contributed by atoms with Gasteiger partial charge in [-0.2, -0.15) is 0 Å². The molecular formula is C29H26F2N2OS. The van der Waals surface area contributed by atoms with E-state index in [-0.39, 0.29) is 10.5 Å². The quantitative estimate of drug-likeness (QED) is 0.242. The van der Waals surface area contributed by atoms with Gasteiger partial charge in [0.2, 0.25) is 0 Å². The lowest BCUT2D eigenvalue weighted by Gasteiger charge is -2.18. The highest BCUT2D eigenvalue weighted by atomic mass is 32.2. The molecule has 178 valence electrons. The number of aromatic amines is 1. The van der Waals surface area contributed by atoms with Gasteiger partial charge in [-0.25, -0.2) is 13.0 Å². The van der Waals surface area contributed by atoms with Crippen LogP contribution in [0.4, 0.5) is 14.5 Å². The van der Waals surface area contributed by atoms with E-state index in [1.54, 1.807) is 6.07 Å². The van der Waals surface area contributed by atoms with Gasteiger partial charge in [0.15, 0.2) is 0 Å². The zero-order valence-electron chi connectivity index (χ0n) is 19.8. The van der Waals surface area contributed by atoms with Gasteiger partial charge >= 0.3 is 0 Å². The van der Waals surface area contributed by atoms with E-state index >= 15 is 0 Å². The number of H-pyrrole nitrogens is 1. The molecule has 6 heteroatoms. The number of halogens is 2. The maximum Gasteiger partial charge on any atom is 0.270 e. The fourth-order valence-corrected chi connectivity index (χ4v) is 5.89. The summed E-state index contributed by atoms with van der Waals surface area (Å²) >= 11 is 0. The van der Waals surface area contributed by atoms with Crippen LogP contribution in [-0.2, 0) is 15.6 Å². The Morgan fingerprint density at radius 1 is 1.00 bits per heavy atom. The Morgan fingerprint density at radius 2 is 1.74 bits per heavy atom. The Kier molecular flexibility index (Phi) is 5.44. The van der Waals surface area contributed by atoms with Crippen molar-refractivity contribution in [1.29, 1.82) is 0 Å². The minimum absolute atomic E-state index is 0.198. The number of allylic oxidation sites excluding steroid dienone is 1. The third-order valence-corrected chi connectivity index (χ3v) is 7.93. The predicted molar refractivity (Wildman–Crippen MR) is 146 cm³/mol. The lowest BCUT2D eigenvalue weighted by atomic mass is 9.98. The number of rotatable bonds is 5. The molecule has 1 heterocycles. The van der Waals surface area contributed by atoms with E-state index in [1.165, 1.54) is 18.2 Å². The summed E-state index contributed by atoms with van der Waals surface area (Å²) in [4.78, 5) is 3.79. The number of aryl methyl sites for hydroxylation is 1. The summed E-state index contributed by atoms with van der Waals surface area (Å²) in [5.74, 6) is 0.870. The largest absolute Gasteiger partial charge is 0.354 e. The molecule has 1 unspecified atom stereocenters. The Morgan fingerprint density at radius 3 is 2.46 bits per heavy atom. The molecule has 0 spiro atoms. The molecule has 0 radical (unpaired) electrons. The van der Waals surface area contributed by atoms with Crippen LogP contribution in [0.25, 0.3) is 38.7 Å². The monoisotopic (exact) mass is 488 g/mol. The first-order valence-corrected chi connectivity index (χ1v) is 13.1. The smallest absolute Gasteiger partial charge is 0.270 e. The lowest BCUT2D eigenvalue weighted by Crippen LogP contribution is -2.15. The maximum absolute atomic E-state index is 13.9. The Labute approximate surface area is 203 Å². The summed E-state index contributed by atoms with van der Waals surface area (Å²) in [6.07, 6.45) is 4.11. The Balaban J connectivity index is 1.76. The number of anilines is 1. The number of benzene rings is 4. The average Bonchev–Trinajstić information content (AvgIpc) is 3.19. The Bertz CT molecular complexity index is 1740. The average molecular weight is 489 g/mol. The second-order valence-electron chi connectivity index (χ2n) is 8.93. The maximum atomic E-state index is 13.9. The minimum atomic E-state index is -3.13. The fourth-order valence-electron chi connectivity index (χ4n) is 4.64. The van der Waals surface area contributed by atoms with E-state index in [2.05, 4.69) is 40.7 Å². The second-order valence-corrected chi connectivity index (χ2v) is 11.0. The molecular weight excluding hydrogens is 462 g/mol. The van der Waals surface area contributed by atoms with Crippen molar-refractivity contribution < 1.29 is 13.0 Å². The molecule has 1 aromatic heterocycles. The van der Waals surface area contributed by atoms with Crippen LogP contribution in [0.15, 0.2) is 77.7 Å². The molecule has 35 heavy (non-hydrogen) atoms. The first kappa shape index (κ1) is 23.1. The van der Waals surface area contributed by atoms with Crippen molar-refractivity contribution in [2.75, 3.05) is 4.72 Å². The summed E-state index contributed by atoms with van der Waals surface area (Å²) in [5.41, 5.74) is 4.70. The van der Waals surface area contributed by atoms with E-state index in [0.29, 0.717) is 5.69 Å². The van der Waals surface area contributed by atoms with Crippen LogP contribution < -0.4 is 4.72 Å². The zero-order chi connectivity index (χ0) is 25.0. The van der Waals surface area contributed by atoms with Gasteiger partial charge in [-0.3, -0.25) is 0 Å². The van der Waals surface area contributed by atoms with Gasteiger partial charge in [-0.1, -0.05) is 54.6 Å². The molecule has 0 aliphatic rings. The van der Waals surface area contributed by atoms with E-state index in [9.17, 15) is 13.0 Å². The molecule has 0 bridgehead atoms. The van der Waals surface area contributed by atoms with Crippen LogP contribution in [-0.4, -0.2) is 15.1 Å². The third kappa shape index (κ3) is 3.98. The molecule has 1 atom stereocenters. The first-order valence-electron chi connectivity index (χ1n) is 11.3. The van der Waals surface area contributed by atoms with Gasteiger partial charge in [-0.05, 0) is 55.1 Å². The van der Waals surface area contributed by atoms with Crippen LogP contribution in [0, 0.1) is 6.92 Å². The van der Waals surface area contributed by atoms with Crippen molar-refractivity contribution in [3.8, 4) is 0 Å². The molecule has 0 aliphatic carbocycles. The molecule has 5 aromatic rings. The first-order chi connectivity index (χ1) is 16.6. The number of alkyl halides is 2. The van der Waals surface area contributed by atoms with Crippen LogP contribution in [0.1, 0.15) is 30.5 Å². The van der Waals surface area contributed by atoms with Crippen LogP contribution in [0.2, 0.25) is 0 Å². The van der Waals surface area contributed by atoms with Crippen molar-refractivity contribution in [3.63, 3.8) is 0 Å². The van der Waals surface area contributed by atoms with Crippen LogP contribution >= 0.6 is 0 Å². The molecule has 0 aliphatic heterocycles. The van der Waals surface area contributed by atoms with Crippen molar-refractivity contribution in [2.24, 2.45) is 0 Å². The van der Waals surface area contributed by atoms with Crippen LogP contribution in [0.5, 0.6) is 0 Å². The molecule has 0 fully saturated rings.